The summed E-state index contributed by atoms with van der Waals surface area (Å²) in [5.74, 6) is 0.148. The minimum atomic E-state index is -2.93. The van der Waals surface area contributed by atoms with Gasteiger partial charge in [-0.05, 0) is 26.3 Å². The molecule has 6 nitrogen and oxygen atoms in total. The van der Waals surface area contributed by atoms with Crippen LogP contribution in [0.4, 0.5) is 0 Å². The van der Waals surface area contributed by atoms with Crippen LogP contribution in [0.2, 0.25) is 0 Å². The van der Waals surface area contributed by atoms with Gasteiger partial charge in [-0.2, -0.15) is 0 Å². The number of sulfone groups is 1. The highest BCUT2D eigenvalue weighted by Gasteiger charge is 2.31. The highest BCUT2D eigenvalue weighted by Crippen LogP contribution is 2.13. The van der Waals surface area contributed by atoms with E-state index in [4.69, 9.17) is 0 Å². The molecule has 2 aliphatic heterocycles. The van der Waals surface area contributed by atoms with E-state index >= 15 is 0 Å². The molecule has 0 bridgehead atoms. The molecule has 2 unspecified atom stereocenters. The summed E-state index contributed by atoms with van der Waals surface area (Å²) in [4.78, 5) is 11.7. The smallest absolute Gasteiger partial charge is 0.234 e. The maximum Gasteiger partial charge on any atom is 0.234 e. The van der Waals surface area contributed by atoms with Crippen molar-refractivity contribution in [3.63, 3.8) is 0 Å². The molecule has 2 saturated heterocycles. The fourth-order valence-electron chi connectivity index (χ4n) is 2.45. The summed E-state index contributed by atoms with van der Waals surface area (Å²) in [6, 6.07) is -0.209. The minimum absolute atomic E-state index is 0.0287. The molecule has 1 amide bonds. The van der Waals surface area contributed by atoms with E-state index in [1.54, 1.807) is 0 Å². The molecular weight excluding hydrogens is 254 g/mol. The third-order valence-corrected chi connectivity index (χ3v) is 5.41. The monoisotopic (exact) mass is 275 g/mol. The van der Waals surface area contributed by atoms with E-state index in [1.807, 2.05) is 0 Å². The summed E-state index contributed by atoms with van der Waals surface area (Å²) < 4.78 is 22.5. The fraction of sp³-hybridized carbons (Fsp3) is 0.909. The largest absolute Gasteiger partial charge is 0.351 e. The van der Waals surface area contributed by atoms with Crippen LogP contribution in [0, 0.1) is 0 Å². The van der Waals surface area contributed by atoms with Crippen LogP contribution in [0.1, 0.15) is 19.8 Å². The lowest BCUT2D eigenvalue weighted by Gasteiger charge is -2.24. The van der Waals surface area contributed by atoms with Crippen molar-refractivity contribution in [3.05, 3.63) is 0 Å². The van der Waals surface area contributed by atoms with Gasteiger partial charge >= 0.3 is 0 Å². The maximum atomic E-state index is 11.7. The molecule has 18 heavy (non-hydrogen) atoms. The van der Waals surface area contributed by atoms with Gasteiger partial charge in [-0.25, -0.2) is 8.42 Å². The van der Waals surface area contributed by atoms with Gasteiger partial charge in [0, 0.05) is 18.1 Å². The molecule has 2 atom stereocenters. The summed E-state index contributed by atoms with van der Waals surface area (Å²) in [6.45, 7) is 4.15. The summed E-state index contributed by atoms with van der Waals surface area (Å²) in [6.07, 6.45) is 1.53. The standard InChI is InChI=1S/C11H21N3O3S/c1-11(3-4-12-8-11)13-6-10(15)14-9-2-5-18(16,17)7-9/h9,12-13H,2-8H2,1H3,(H,14,15). The highest BCUT2D eigenvalue weighted by molar-refractivity contribution is 7.91. The number of rotatable bonds is 4. The lowest BCUT2D eigenvalue weighted by atomic mass is 10.0. The van der Waals surface area contributed by atoms with Gasteiger partial charge in [-0.3, -0.25) is 4.79 Å². The first-order valence-electron chi connectivity index (χ1n) is 6.34. The molecule has 0 aromatic carbocycles. The van der Waals surface area contributed by atoms with E-state index in [2.05, 4.69) is 22.9 Å². The first-order chi connectivity index (χ1) is 8.39. The molecule has 0 radical (unpaired) electrons. The summed E-state index contributed by atoms with van der Waals surface area (Å²) in [7, 11) is -2.93. The van der Waals surface area contributed by atoms with Gasteiger partial charge in [-0.15, -0.1) is 0 Å². The number of carbonyl (C=O) groups is 1. The van der Waals surface area contributed by atoms with E-state index in [9.17, 15) is 13.2 Å². The highest BCUT2D eigenvalue weighted by atomic mass is 32.2. The van der Waals surface area contributed by atoms with Crippen LogP contribution in [0.25, 0.3) is 0 Å². The Kier molecular flexibility index (Phi) is 3.93. The van der Waals surface area contributed by atoms with Crippen LogP contribution in [-0.2, 0) is 14.6 Å². The van der Waals surface area contributed by atoms with Gasteiger partial charge < -0.3 is 16.0 Å². The van der Waals surface area contributed by atoms with Crippen LogP contribution in [0.15, 0.2) is 0 Å². The Bertz CT molecular complexity index is 415. The van der Waals surface area contributed by atoms with Crippen molar-refractivity contribution in [2.45, 2.75) is 31.3 Å². The second-order valence-corrected chi connectivity index (χ2v) is 7.74. The van der Waals surface area contributed by atoms with Crippen LogP contribution < -0.4 is 16.0 Å². The molecule has 3 N–H and O–H groups in total. The topological polar surface area (TPSA) is 87.3 Å². The first-order valence-corrected chi connectivity index (χ1v) is 8.16. The third-order valence-electron chi connectivity index (χ3n) is 3.64. The number of nitrogens with one attached hydrogen (secondary N) is 3. The molecule has 2 rings (SSSR count). The molecule has 0 aromatic heterocycles. The van der Waals surface area contributed by atoms with Crippen LogP contribution in [0.3, 0.4) is 0 Å². The van der Waals surface area contributed by atoms with Crippen molar-refractivity contribution in [3.8, 4) is 0 Å². The average molecular weight is 275 g/mol. The van der Waals surface area contributed by atoms with E-state index in [0.29, 0.717) is 6.42 Å². The second kappa shape index (κ2) is 5.14. The fourth-order valence-corrected chi connectivity index (χ4v) is 4.12. The first kappa shape index (κ1) is 13.8. The number of hydrogen-bond acceptors (Lipinski definition) is 5. The van der Waals surface area contributed by atoms with Crippen molar-refractivity contribution in [1.82, 2.24) is 16.0 Å². The van der Waals surface area contributed by atoms with Crippen molar-refractivity contribution < 1.29 is 13.2 Å². The van der Waals surface area contributed by atoms with Crippen LogP contribution in [0.5, 0.6) is 0 Å². The van der Waals surface area contributed by atoms with Gasteiger partial charge in [0.25, 0.3) is 0 Å². The van der Waals surface area contributed by atoms with E-state index in [-0.39, 0.29) is 35.5 Å². The molecule has 104 valence electrons. The normalized spacial score (nSPS) is 34.6. The van der Waals surface area contributed by atoms with E-state index in [0.717, 1.165) is 19.5 Å². The molecule has 7 heteroatoms. The Morgan fingerprint density at radius 1 is 1.50 bits per heavy atom. The molecule has 0 spiro atoms. The van der Waals surface area contributed by atoms with Gasteiger partial charge in [-0.1, -0.05) is 0 Å². The predicted octanol–water partition coefficient (Wildman–Crippen LogP) is -1.37. The van der Waals surface area contributed by atoms with E-state index < -0.39 is 9.84 Å². The Morgan fingerprint density at radius 2 is 2.28 bits per heavy atom. The maximum absolute atomic E-state index is 11.7. The van der Waals surface area contributed by atoms with Gasteiger partial charge in [0.2, 0.25) is 5.91 Å². The molecule has 2 fully saturated rings. The quantitative estimate of drug-likeness (QED) is 0.589. The number of amides is 1. The van der Waals surface area contributed by atoms with E-state index in [1.165, 1.54) is 0 Å². The van der Waals surface area contributed by atoms with Crippen molar-refractivity contribution in [1.29, 1.82) is 0 Å². The SMILES string of the molecule is CC1(NCC(=O)NC2CCS(=O)(=O)C2)CCNC1. The van der Waals surface area contributed by atoms with Gasteiger partial charge in [0.15, 0.2) is 9.84 Å². The zero-order chi connectivity index (χ0) is 13.2. The van der Waals surface area contributed by atoms with Gasteiger partial charge in [0.1, 0.15) is 0 Å². The second-order valence-electron chi connectivity index (χ2n) is 5.51. The predicted molar refractivity (Wildman–Crippen MR) is 69.1 cm³/mol. The summed E-state index contributed by atoms with van der Waals surface area (Å²) >= 11 is 0. The lowest BCUT2D eigenvalue weighted by molar-refractivity contribution is -0.121. The minimum Gasteiger partial charge on any atom is -0.351 e. The van der Waals surface area contributed by atoms with Crippen molar-refractivity contribution in [2.75, 3.05) is 31.1 Å². The number of carbonyl (C=O) groups excluding carboxylic acids is 1. The molecule has 2 aliphatic rings. The molecule has 2 heterocycles. The van der Waals surface area contributed by atoms with Crippen molar-refractivity contribution in [2.24, 2.45) is 0 Å². The Hall–Kier alpha value is -0.660. The zero-order valence-electron chi connectivity index (χ0n) is 10.7. The van der Waals surface area contributed by atoms with Crippen molar-refractivity contribution >= 4 is 15.7 Å². The Balaban J connectivity index is 1.73. The molecule has 0 saturated carbocycles. The Labute approximate surface area is 108 Å². The summed E-state index contributed by atoms with van der Waals surface area (Å²) in [5, 5.41) is 9.25. The van der Waals surface area contributed by atoms with Gasteiger partial charge in [0.05, 0.1) is 18.1 Å². The number of hydrogen-bond donors (Lipinski definition) is 3. The Morgan fingerprint density at radius 3 is 2.83 bits per heavy atom. The molecule has 0 aliphatic carbocycles. The molecular formula is C11H21N3O3S. The summed E-state index contributed by atoms with van der Waals surface area (Å²) in [5.41, 5.74) is -0.0287. The van der Waals surface area contributed by atoms with Crippen LogP contribution in [-0.4, -0.2) is 57.0 Å². The van der Waals surface area contributed by atoms with Crippen LogP contribution >= 0.6 is 0 Å². The molecule has 0 aromatic rings. The zero-order valence-corrected chi connectivity index (χ0v) is 11.5. The average Bonchev–Trinajstić information content (AvgIpc) is 2.84. The lowest BCUT2D eigenvalue weighted by Crippen LogP contribution is -2.50. The third kappa shape index (κ3) is 3.66.